The van der Waals surface area contributed by atoms with E-state index in [1.54, 1.807) is 0 Å². The monoisotopic (exact) mass is 258 g/mol. The molecule has 4 nitrogen and oxygen atoms in total. The average molecular weight is 258 g/mol. The smallest absolute Gasteiger partial charge is 0.320 e. The second-order valence-electron chi connectivity index (χ2n) is 4.30. The zero-order chi connectivity index (χ0) is 13.8. The van der Waals surface area contributed by atoms with Crippen molar-refractivity contribution in [1.82, 2.24) is 0 Å². The molecule has 2 aromatic carbocycles. The van der Waals surface area contributed by atoms with Gasteiger partial charge in [-0.1, -0.05) is 42.5 Å². The molecule has 0 saturated carbocycles. The lowest BCUT2D eigenvalue weighted by molar-refractivity contribution is -0.156. The summed E-state index contributed by atoms with van der Waals surface area (Å²) in [5.74, 6) is -3.05. The standard InChI is InChI=1S/C15H14O4/c1-19-15(18)13(14(16)17)9-10-6-7-11-4-2-3-5-12(11)8-10/h2-8,13H,9H2,1H3,(H,16,17). The Hall–Kier alpha value is -2.36. The first-order valence-corrected chi connectivity index (χ1v) is 5.90. The lowest BCUT2D eigenvalue weighted by Gasteiger charge is -2.10. The van der Waals surface area contributed by atoms with E-state index in [1.807, 2.05) is 42.5 Å². The Bertz CT molecular complexity index is 618. The molecule has 2 aromatic rings. The van der Waals surface area contributed by atoms with Gasteiger partial charge >= 0.3 is 11.9 Å². The van der Waals surface area contributed by atoms with Gasteiger partial charge in [0.1, 0.15) is 0 Å². The summed E-state index contributed by atoms with van der Waals surface area (Å²) >= 11 is 0. The number of benzene rings is 2. The van der Waals surface area contributed by atoms with Crippen LogP contribution in [0, 0.1) is 5.92 Å². The number of hydrogen-bond donors (Lipinski definition) is 1. The minimum Gasteiger partial charge on any atom is -0.481 e. The Kier molecular flexibility index (Phi) is 3.80. The number of fused-ring (bicyclic) bond motifs is 1. The van der Waals surface area contributed by atoms with Crippen LogP contribution in [0.1, 0.15) is 5.56 Å². The van der Waals surface area contributed by atoms with E-state index in [0.29, 0.717) is 0 Å². The van der Waals surface area contributed by atoms with Gasteiger partial charge in [-0.2, -0.15) is 0 Å². The van der Waals surface area contributed by atoms with Gasteiger partial charge in [-0.3, -0.25) is 9.59 Å². The van der Waals surface area contributed by atoms with E-state index < -0.39 is 17.9 Å². The van der Waals surface area contributed by atoms with Crippen molar-refractivity contribution in [3.63, 3.8) is 0 Å². The van der Waals surface area contributed by atoms with E-state index in [1.165, 1.54) is 7.11 Å². The van der Waals surface area contributed by atoms with Crippen LogP contribution >= 0.6 is 0 Å². The van der Waals surface area contributed by atoms with Crippen LogP contribution in [0.15, 0.2) is 42.5 Å². The first-order chi connectivity index (χ1) is 9.11. The van der Waals surface area contributed by atoms with Crippen molar-refractivity contribution in [3.8, 4) is 0 Å². The van der Waals surface area contributed by atoms with Crippen LogP contribution in [-0.2, 0) is 20.7 Å². The van der Waals surface area contributed by atoms with Gasteiger partial charge in [0.25, 0.3) is 0 Å². The maximum atomic E-state index is 11.4. The highest BCUT2D eigenvalue weighted by Crippen LogP contribution is 2.18. The molecule has 0 aliphatic rings. The molecule has 0 radical (unpaired) electrons. The highest BCUT2D eigenvalue weighted by atomic mass is 16.5. The summed E-state index contributed by atoms with van der Waals surface area (Å²) in [6.45, 7) is 0. The minimum absolute atomic E-state index is 0.132. The van der Waals surface area contributed by atoms with E-state index >= 15 is 0 Å². The van der Waals surface area contributed by atoms with Crippen molar-refractivity contribution in [2.45, 2.75) is 6.42 Å². The highest BCUT2D eigenvalue weighted by Gasteiger charge is 2.27. The van der Waals surface area contributed by atoms with Gasteiger partial charge < -0.3 is 9.84 Å². The summed E-state index contributed by atoms with van der Waals surface area (Å²) in [5.41, 5.74) is 0.802. The van der Waals surface area contributed by atoms with Crippen LogP contribution < -0.4 is 0 Å². The molecule has 19 heavy (non-hydrogen) atoms. The molecule has 4 heteroatoms. The molecule has 0 heterocycles. The van der Waals surface area contributed by atoms with Gasteiger partial charge in [0.2, 0.25) is 0 Å². The second-order valence-corrected chi connectivity index (χ2v) is 4.30. The molecule has 0 saturated heterocycles. The number of carbonyl (C=O) groups is 2. The molecule has 98 valence electrons. The molecule has 0 fully saturated rings. The number of carboxylic acids is 1. The largest absolute Gasteiger partial charge is 0.481 e. The normalized spacial score (nSPS) is 12.1. The second kappa shape index (κ2) is 5.52. The minimum atomic E-state index is -1.17. The van der Waals surface area contributed by atoms with Crippen molar-refractivity contribution in [3.05, 3.63) is 48.0 Å². The van der Waals surface area contributed by atoms with Crippen LogP contribution in [0.25, 0.3) is 10.8 Å². The zero-order valence-corrected chi connectivity index (χ0v) is 10.5. The topological polar surface area (TPSA) is 63.6 Å². The molecule has 0 spiro atoms. The van der Waals surface area contributed by atoms with E-state index in [-0.39, 0.29) is 6.42 Å². The summed E-state index contributed by atoms with van der Waals surface area (Å²) < 4.78 is 4.51. The number of methoxy groups -OCH3 is 1. The van der Waals surface area contributed by atoms with Gasteiger partial charge in [-0.15, -0.1) is 0 Å². The molecule has 0 aliphatic heterocycles. The van der Waals surface area contributed by atoms with Crippen molar-refractivity contribution in [2.24, 2.45) is 5.92 Å². The van der Waals surface area contributed by atoms with Crippen LogP contribution in [-0.4, -0.2) is 24.2 Å². The van der Waals surface area contributed by atoms with Gasteiger partial charge in [0, 0.05) is 0 Å². The third-order valence-corrected chi connectivity index (χ3v) is 3.04. The van der Waals surface area contributed by atoms with Crippen molar-refractivity contribution in [2.75, 3.05) is 7.11 Å². The fourth-order valence-corrected chi connectivity index (χ4v) is 2.02. The fraction of sp³-hybridized carbons (Fsp3) is 0.200. The van der Waals surface area contributed by atoms with E-state index in [4.69, 9.17) is 5.11 Å². The van der Waals surface area contributed by atoms with Crippen molar-refractivity contribution < 1.29 is 19.4 Å². The summed E-state index contributed by atoms with van der Waals surface area (Å²) in [7, 11) is 1.19. The molecule has 0 aromatic heterocycles. The average Bonchev–Trinajstić information content (AvgIpc) is 2.43. The van der Waals surface area contributed by atoms with Crippen molar-refractivity contribution in [1.29, 1.82) is 0 Å². The molecule has 0 amide bonds. The van der Waals surface area contributed by atoms with Crippen LogP contribution in [0.2, 0.25) is 0 Å². The van der Waals surface area contributed by atoms with E-state index in [0.717, 1.165) is 16.3 Å². The number of aliphatic carboxylic acids is 1. The predicted octanol–water partition coefficient (Wildman–Crippen LogP) is 2.26. The number of carbonyl (C=O) groups excluding carboxylic acids is 1. The van der Waals surface area contributed by atoms with Crippen LogP contribution in [0.3, 0.4) is 0 Å². The molecular weight excluding hydrogens is 244 g/mol. The molecule has 0 aliphatic carbocycles. The van der Waals surface area contributed by atoms with E-state index in [9.17, 15) is 9.59 Å². The maximum absolute atomic E-state index is 11.4. The third kappa shape index (κ3) is 2.91. The predicted molar refractivity (Wildman–Crippen MR) is 70.8 cm³/mol. The lowest BCUT2D eigenvalue weighted by atomic mass is 9.97. The quantitative estimate of drug-likeness (QED) is 0.675. The maximum Gasteiger partial charge on any atom is 0.320 e. The molecule has 2 rings (SSSR count). The Morgan fingerprint density at radius 2 is 1.84 bits per heavy atom. The first kappa shape index (κ1) is 13.1. The number of hydrogen-bond acceptors (Lipinski definition) is 3. The van der Waals surface area contributed by atoms with Gasteiger partial charge in [-0.05, 0) is 22.8 Å². The summed E-state index contributed by atoms with van der Waals surface area (Å²) in [4.78, 5) is 22.5. The Balaban J connectivity index is 2.28. The third-order valence-electron chi connectivity index (χ3n) is 3.04. The van der Waals surface area contributed by atoms with Gasteiger partial charge in [-0.25, -0.2) is 0 Å². The molecule has 1 unspecified atom stereocenters. The summed E-state index contributed by atoms with van der Waals surface area (Å²) in [5, 5.41) is 11.2. The number of ether oxygens (including phenoxy) is 1. The summed E-state index contributed by atoms with van der Waals surface area (Å²) in [6.07, 6.45) is 0.132. The molecule has 1 N–H and O–H groups in total. The molecule has 1 atom stereocenters. The van der Waals surface area contributed by atoms with Gasteiger partial charge in [0.05, 0.1) is 7.11 Å². The SMILES string of the molecule is COC(=O)C(Cc1ccc2ccccc2c1)C(=O)O. The Morgan fingerprint density at radius 1 is 1.16 bits per heavy atom. The first-order valence-electron chi connectivity index (χ1n) is 5.90. The number of carboxylic acid groups (broad SMARTS) is 1. The van der Waals surface area contributed by atoms with Gasteiger partial charge in [0.15, 0.2) is 5.92 Å². The summed E-state index contributed by atoms with van der Waals surface area (Å²) in [6, 6.07) is 13.4. The number of rotatable bonds is 4. The van der Waals surface area contributed by atoms with Crippen LogP contribution in [0.4, 0.5) is 0 Å². The molecule has 0 bridgehead atoms. The highest BCUT2D eigenvalue weighted by molar-refractivity contribution is 5.94. The number of esters is 1. The Labute approximate surface area is 110 Å². The van der Waals surface area contributed by atoms with Crippen LogP contribution in [0.5, 0.6) is 0 Å². The fourth-order valence-electron chi connectivity index (χ4n) is 2.02. The van der Waals surface area contributed by atoms with E-state index in [2.05, 4.69) is 4.74 Å². The lowest BCUT2D eigenvalue weighted by Crippen LogP contribution is -2.27. The zero-order valence-electron chi connectivity index (χ0n) is 10.5. The van der Waals surface area contributed by atoms with Crippen molar-refractivity contribution >= 4 is 22.7 Å². The molecular formula is C15H14O4. The Morgan fingerprint density at radius 3 is 2.47 bits per heavy atom.